The van der Waals surface area contributed by atoms with E-state index in [1.54, 1.807) is 4.90 Å². The number of hydrogen-bond acceptors (Lipinski definition) is 4. The first kappa shape index (κ1) is 14.1. The second-order valence-electron chi connectivity index (χ2n) is 5.75. The van der Waals surface area contributed by atoms with Gasteiger partial charge >= 0.3 is 0 Å². The summed E-state index contributed by atoms with van der Waals surface area (Å²) < 4.78 is 0. The normalized spacial score (nSPS) is 28.4. The Morgan fingerprint density at radius 3 is 2.90 bits per heavy atom. The predicted octanol–water partition coefficient (Wildman–Crippen LogP) is 1.41. The van der Waals surface area contributed by atoms with E-state index in [1.807, 2.05) is 30.3 Å². The molecule has 3 unspecified atom stereocenters. The zero-order valence-electron chi connectivity index (χ0n) is 12.1. The summed E-state index contributed by atoms with van der Waals surface area (Å²) in [5.41, 5.74) is 1.79. The summed E-state index contributed by atoms with van der Waals surface area (Å²) in [4.78, 5) is 19.6. The maximum Gasteiger partial charge on any atom is 0.267 e. The number of carbonyl (C=O) groups is 1. The lowest BCUT2D eigenvalue weighted by Crippen LogP contribution is -2.45. The molecule has 0 radical (unpaired) electrons. The molecule has 5 nitrogen and oxygen atoms in total. The quantitative estimate of drug-likeness (QED) is 0.914. The number of nitrogens with zero attached hydrogens (tertiary/aromatic N) is 2. The number of likely N-dealkylation sites (tertiary alicyclic amines) is 1. The van der Waals surface area contributed by atoms with Crippen LogP contribution in [0.15, 0.2) is 35.5 Å². The molecule has 2 heterocycles. The van der Waals surface area contributed by atoms with E-state index in [9.17, 15) is 9.90 Å². The van der Waals surface area contributed by atoms with Crippen molar-refractivity contribution in [2.45, 2.75) is 31.9 Å². The summed E-state index contributed by atoms with van der Waals surface area (Å²) in [5, 5.41) is 13.5. The van der Waals surface area contributed by atoms with Crippen LogP contribution in [0.3, 0.4) is 0 Å². The molecule has 1 aromatic rings. The Bertz CT molecular complexity index is 544. The highest BCUT2D eigenvalue weighted by atomic mass is 16.6. The van der Waals surface area contributed by atoms with Crippen molar-refractivity contribution in [3.8, 4) is 0 Å². The van der Waals surface area contributed by atoms with E-state index in [4.69, 9.17) is 4.84 Å². The van der Waals surface area contributed by atoms with E-state index in [0.29, 0.717) is 18.9 Å². The third-order valence-electron chi connectivity index (χ3n) is 4.40. The Morgan fingerprint density at radius 1 is 1.43 bits per heavy atom. The van der Waals surface area contributed by atoms with Gasteiger partial charge in [0, 0.05) is 13.0 Å². The molecule has 1 fully saturated rings. The number of aliphatic hydroxyl groups is 1. The monoisotopic (exact) mass is 288 g/mol. The number of hydrogen-bond donors (Lipinski definition) is 1. The molecule has 2 aliphatic heterocycles. The number of amides is 1. The molecule has 0 bridgehead atoms. The molecule has 21 heavy (non-hydrogen) atoms. The summed E-state index contributed by atoms with van der Waals surface area (Å²) in [7, 11) is 0. The predicted molar refractivity (Wildman–Crippen MR) is 78.8 cm³/mol. The minimum atomic E-state index is -0.556. The summed E-state index contributed by atoms with van der Waals surface area (Å²) >= 11 is 0. The third-order valence-corrected chi connectivity index (χ3v) is 4.40. The van der Waals surface area contributed by atoms with Gasteiger partial charge in [0.15, 0.2) is 0 Å². The largest absolute Gasteiger partial charge is 0.394 e. The highest BCUT2D eigenvalue weighted by molar-refractivity contribution is 6.04. The fourth-order valence-electron chi connectivity index (χ4n) is 3.06. The van der Waals surface area contributed by atoms with Gasteiger partial charge in [-0.25, -0.2) is 0 Å². The molecule has 112 valence electrons. The second-order valence-corrected chi connectivity index (χ2v) is 5.75. The average Bonchev–Trinajstić information content (AvgIpc) is 3.14. The van der Waals surface area contributed by atoms with Crippen molar-refractivity contribution < 1.29 is 14.7 Å². The van der Waals surface area contributed by atoms with Gasteiger partial charge in [-0.15, -0.1) is 0 Å². The first-order chi connectivity index (χ1) is 10.2. The van der Waals surface area contributed by atoms with E-state index in [0.717, 1.165) is 17.7 Å². The van der Waals surface area contributed by atoms with Gasteiger partial charge in [-0.3, -0.25) is 4.79 Å². The fraction of sp³-hybridized carbons (Fsp3) is 0.500. The van der Waals surface area contributed by atoms with Crippen LogP contribution in [0.2, 0.25) is 0 Å². The van der Waals surface area contributed by atoms with E-state index in [2.05, 4.69) is 12.1 Å². The number of rotatable bonds is 3. The molecule has 1 N–H and O–H groups in total. The SMILES string of the molecule is CC1CCN(C(=O)C2CC(c3ccccc3)=NO2)C1CO. The molecular formula is C16H20N2O3. The summed E-state index contributed by atoms with van der Waals surface area (Å²) in [5.74, 6) is 0.267. The van der Waals surface area contributed by atoms with Crippen molar-refractivity contribution >= 4 is 11.6 Å². The van der Waals surface area contributed by atoms with Gasteiger partial charge in [-0.2, -0.15) is 0 Å². The Balaban J connectivity index is 1.66. The van der Waals surface area contributed by atoms with Crippen molar-refractivity contribution in [1.29, 1.82) is 0 Å². The average molecular weight is 288 g/mol. The first-order valence-electron chi connectivity index (χ1n) is 7.40. The van der Waals surface area contributed by atoms with E-state index < -0.39 is 6.10 Å². The van der Waals surface area contributed by atoms with E-state index in [1.165, 1.54) is 0 Å². The van der Waals surface area contributed by atoms with Crippen molar-refractivity contribution in [1.82, 2.24) is 4.90 Å². The van der Waals surface area contributed by atoms with E-state index in [-0.39, 0.29) is 18.6 Å². The number of benzene rings is 1. The van der Waals surface area contributed by atoms with Crippen LogP contribution in [0.4, 0.5) is 0 Å². The second kappa shape index (κ2) is 5.85. The van der Waals surface area contributed by atoms with Gasteiger partial charge in [-0.1, -0.05) is 42.4 Å². The number of oxime groups is 1. The van der Waals surface area contributed by atoms with E-state index >= 15 is 0 Å². The van der Waals surface area contributed by atoms with Crippen LogP contribution in [0, 0.1) is 5.92 Å². The molecule has 0 aromatic heterocycles. The van der Waals surface area contributed by atoms with Gasteiger partial charge in [-0.05, 0) is 17.9 Å². The summed E-state index contributed by atoms with van der Waals surface area (Å²) in [6, 6.07) is 9.66. The lowest BCUT2D eigenvalue weighted by atomic mass is 10.0. The molecule has 1 saturated heterocycles. The van der Waals surface area contributed by atoms with Gasteiger partial charge < -0.3 is 14.8 Å². The molecule has 1 amide bonds. The van der Waals surface area contributed by atoms with Crippen molar-refractivity contribution in [2.75, 3.05) is 13.2 Å². The van der Waals surface area contributed by atoms with Gasteiger partial charge in [0.1, 0.15) is 0 Å². The molecule has 0 spiro atoms. The molecule has 5 heteroatoms. The molecular weight excluding hydrogens is 268 g/mol. The zero-order valence-corrected chi connectivity index (χ0v) is 12.1. The van der Waals surface area contributed by atoms with Crippen molar-refractivity contribution in [2.24, 2.45) is 11.1 Å². The highest BCUT2D eigenvalue weighted by Crippen LogP contribution is 2.27. The molecule has 2 aliphatic rings. The van der Waals surface area contributed by atoms with Crippen LogP contribution < -0.4 is 0 Å². The topological polar surface area (TPSA) is 62.1 Å². The molecule has 0 aliphatic carbocycles. The molecule has 3 atom stereocenters. The summed E-state index contributed by atoms with van der Waals surface area (Å²) in [6.45, 7) is 2.76. The molecule has 3 rings (SSSR count). The highest BCUT2D eigenvalue weighted by Gasteiger charge is 2.39. The van der Waals surface area contributed by atoms with Gasteiger partial charge in [0.25, 0.3) is 5.91 Å². The van der Waals surface area contributed by atoms with Crippen molar-refractivity contribution in [3.05, 3.63) is 35.9 Å². The maximum absolute atomic E-state index is 12.6. The first-order valence-corrected chi connectivity index (χ1v) is 7.40. The number of aliphatic hydroxyl groups excluding tert-OH is 1. The third kappa shape index (κ3) is 2.65. The lowest BCUT2D eigenvalue weighted by molar-refractivity contribution is -0.144. The zero-order chi connectivity index (χ0) is 14.8. The minimum Gasteiger partial charge on any atom is -0.394 e. The van der Waals surface area contributed by atoms with Crippen LogP contribution >= 0.6 is 0 Å². The fourth-order valence-corrected chi connectivity index (χ4v) is 3.06. The van der Waals surface area contributed by atoms with Crippen LogP contribution in [0.5, 0.6) is 0 Å². The van der Waals surface area contributed by atoms with Crippen molar-refractivity contribution in [3.63, 3.8) is 0 Å². The Kier molecular flexibility index (Phi) is 3.92. The van der Waals surface area contributed by atoms with Gasteiger partial charge in [0.2, 0.25) is 6.10 Å². The summed E-state index contributed by atoms with van der Waals surface area (Å²) in [6.07, 6.45) is 0.863. The Morgan fingerprint density at radius 2 is 2.19 bits per heavy atom. The van der Waals surface area contributed by atoms with Crippen LogP contribution in [0.1, 0.15) is 25.3 Å². The lowest BCUT2D eigenvalue weighted by Gasteiger charge is -2.26. The van der Waals surface area contributed by atoms with Crippen LogP contribution in [0.25, 0.3) is 0 Å². The smallest absolute Gasteiger partial charge is 0.267 e. The number of carbonyl (C=O) groups excluding carboxylic acids is 1. The maximum atomic E-state index is 12.6. The van der Waals surface area contributed by atoms with Crippen LogP contribution in [-0.2, 0) is 9.63 Å². The molecule has 0 saturated carbocycles. The van der Waals surface area contributed by atoms with Crippen LogP contribution in [-0.4, -0.2) is 46.9 Å². The Hall–Kier alpha value is -1.88. The standard InChI is InChI=1S/C16H20N2O3/c1-11-7-8-18(14(11)10-19)16(20)15-9-13(17-21-15)12-5-3-2-4-6-12/h2-6,11,14-15,19H,7-10H2,1H3. The van der Waals surface area contributed by atoms with Gasteiger partial charge in [0.05, 0.1) is 18.4 Å². The minimum absolute atomic E-state index is 0.00598. The molecule has 1 aromatic carbocycles. The Labute approximate surface area is 124 Å².